The second-order valence-corrected chi connectivity index (χ2v) is 1.33. The Morgan fingerprint density at radius 1 is 0.833 bits per heavy atom. The molecule has 0 heterocycles. The molecule has 0 radical (unpaired) electrons. The van der Waals surface area contributed by atoms with E-state index in [0.29, 0.717) is 0 Å². The van der Waals surface area contributed by atoms with Gasteiger partial charge in [-0.1, -0.05) is 0 Å². The molecule has 0 aliphatic rings. The van der Waals surface area contributed by atoms with Crippen LogP contribution in [0.4, 0.5) is 30.7 Å². The Kier molecular flexibility index (Phi) is 7.60. The van der Waals surface area contributed by atoms with Gasteiger partial charge in [0.2, 0.25) is 0 Å². The van der Waals surface area contributed by atoms with Gasteiger partial charge in [0, 0.05) is 0 Å². The van der Waals surface area contributed by atoms with Crippen LogP contribution < -0.4 is 0 Å². The summed E-state index contributed by atoms with van der Waals surface area (Å²) in [5, 5.41) is 0. The monoisotopic (exact) mass is 379 g/mol. The fourth-order valence-corrected chi connectivity index (χ4v) is 0.107. The Balaban J connectivity index is -0.000000405. The molecule has 0 N–H and O–H groups in total. The van der Waals surface area contributed by atoms with Gasteiger partial charge >= 0.3 is 27.2 Å². The molecule has 0 aromatic rings. The maximum absolute atomic E-state index is 11.1. The van der Waals surface area contributed by atoms with Crippen molar-refractivity contribution in [2.75, 3.05) is 0 Å². The molecule has 0 spiro atoms. The van der Waals surface area contributed by atoms with Crippen molar-refractivity contribution in [3.8, 4) is 0 Å². The molecule has 78 valence electrons. The second kappa shape index (κ2) is 5.04. The van der Waals surface area contributed by atoms with Crippen LogP contribution in [-0.4, -0.2) is 12.1 Å². The Labute approximate surface area is 78.4 Å². The van der Waals surface area contributed by atoms with Crippen LogP contribution in [0.25, 0.3) is 0 Å². The number of rotatable bonds is 1. The van der Waals surface area contributed by atoms with Crippen LogP contribution in [0.15, 0.2) is 0 Å². The number of hydrogen-bond donors (Lipinski definition) is 0. The van der Waals surface area contributed by atoms with Crippen LogP contribution in [0.5, 0.6) is 0 Å². The first-order valence-electron chi connectivity index (χ1n) is 1.82. The second-order valence-electron chi connectivity index (χ2n) is 1.33. The van der Waals surface area contributed by atoms with E-state index in [1.165, 1.54) is 0 Å². The summed E-state index contributed by atoms with van der Waals surface area (Å²) >= 11 is 0. The van der Waals surface area contributed by atoms with Crippen LogP contribution in [0.3, 0.4) is 0 Å². The predicted octanol–water partition coefficient (Wildman–Crippen LogP) is 3.06. The van der Waals surface area contributed by atoms with Crippen molar-refractivity contribution in [2.24, 2.45) is 0 Å². The summed E-state index contributed by atoms with van der Waals surface area (Å²) < 4.78 is 76.3. The molecular formula is C4H3F7Pt. The van der Waals surface area contributed by atoms with Gasteiger partial charge in [-0.3, -0.25) is 0 Å². The summed E-state index contributed by atoms with van der Waals surface area (Å²) in [6, 6.07) is 0. The van der Waals surface area contributed by atoms with Crippen LogP contribution in [0, 0.1) is 13.9 Å². The van der Waals surface area contributed by atoms with Crippen LogP contribution in [0.1, 0.15) is 0 Å². The van der Waals surface area contributed by atoms with E-state index in [9.17, 15) is 30.7 Å². The molecule has 0 aliphatic heterocycles. The van der Waals surface area contributed by atoms with Gasteiger partial charge in [-0.05, 0) is 0 Å². The molecule has 8 heteroatoms. The minimum atomic E-state index is -6.20. The molecule has 0 rings (SSSR count). The van der Waals surface area contributed by atoms with Crippen molar-refractivity contribution in [3.05, 3.63) is 13.9 Å². The van der Waals surface area contributed by atoms with E-state index in [1.807, 2.05) is 0 Å². The summed E-state index contributed by atoms with van der Waals surface area (Å²) in [5.74, 6) is -5.98. The first-order chi connectivity index (χ1) is 4.19. The molecule has 0 aromatic carbocycles. The maximum Gasteiger partial charge on any atom is 2.00 e. The van der Waals surface area contributed by atoms with E-state index in [-0.39, 0.29) is 28.5 Å². The number of alkyl halides is 5. The normalized spacial score (nSPS) is 12.0. The number of hydrogen-bond acceptors (Lipinski definition) is 0. The van der Waals surface area contributed by atoms with Crippen LogP contribution in [0.2, 0.25) is 0 Å². The fraction of sp³-hybridized carbons (Fsp3) is 0.500. The van der Waals surface area contributed by atoms with Gasteiger partial charge in [0.15, 0.2) is 0 Å². The van der Waals surface area contributed by atoms with Gasteiger partial charge in [0.1, 0.15) is 0 Å². The van der Waals surface area contributed by atoms with Crippen molar-refractivity contribution >= 4 is 0 Å². The molecule has 0 amide bonds. The number of halogens is 7. The van der Waals surface area contributed by atoms with Crippen LogP contribution >= 0.6 is 0 Å². The third kappa shape index (κ3) is 3.74. The molecule has 0 unspecified atom stereocenters. The zero-order chi connectivity index (χ0) is 8.58. The average Bonchev–Trinajstić information content (AvgIpc) is 1.62. The van der Waals surface area contributed by atoms with E-state index in [1.54, 1.807) is 0 Å². The zero-order valence-corrected chi connectivity index (χ0v) is 7.73. The summed E-state index contributed by atoms with van der Waals surface area (Å²) in [6.45, 7) is 0. The van der Waals surface area contributed by atoms with Gasteiger partial charge in [0.25, 0.3) is 5.92 Å². The Hall–Kier alpha value is 0.198. The summed E-state index contributed by atoms with van der Waals surface area (Å²) in [5.41, 5.74) is 0. The van der Waals surface area contributed by atoms with Gasteiger partial charge < -0.3 is 16.2 Å². The molecule has 0 aliphatic carbocycles. The standard InChI is InChI=1S/C3F7.CH3.Pt/c4-1(5)2(6,7)3(8,9)10;;/h;1H3;/q2*-1;+2. The average molecular weight is 379 g/mol. The van der Waals surface area contributed by atoms with E-state index in [2.05, 4.69) is 0 Å². The first-order valence-corrected chi connectivity index (χ1v) is 1.82. The minimum Gasteiger partial charge on any atom is -0.415 e. The summed E-state index contributed by atoms with van der Waals surface area (Å²) in [6.07, 6.45) is -10.1. The third-order valence-electron chi connectivity index (χ3n) is 0.593. The minimum absolute atomic E-state index is 0. The largest absolute Gasteiger partial charge is 2.00 e. The van der Waals surface area contributed by atoms with Gasteiger partial charge in [-0.2, -0.15) is 13.2 Å². The topological polar surface area (TPSA) is 0 Å². The zero-order valence-electron chi connectivity index (χ0n) is 5.46. The van der Waals surface area contributed by atoms with Crippen molar-refractivity contribution in [3.63, 3.8) is 0 Å². The van der Waals surface area contributed by atoms with E-state index >= 15 is 0 Å². The Morgan fingerprint density at radius 3 is 1.08 bits per heavy atom. The first kappa shape index (κ1) is 18.1. The fourth-order valence-electron chi connectivity index (χ4n) is 0.107. The molecule has 0 bridgehead atoms. The Bertz CT molecular complexity index is 117. The molecule has 12 heavy (non-hydrogen) atoms. The molecule has 0 saturated heterocycles. The van der Waals surface area contributed by atoms with Gasteiger partial charge in [0.05, 0.1) is 6.43 Å². The quantitative estimate of drug-likeness (QED) is 0.486. The predicted molar refractivity (Wildman–Crippen MR) is 22.9 cm³/mol. The molecule has 0 aromatic heterocycles. The molecule has 0 saturated carbocycles. The van der Waals surface area contributed by atoms with E-state index in [4.69, 9.17) is 0 Å². The summed E-state index contributed by atoms with van der Waals surface area (Å²) in [7, 11) is 0. The van der Waals surface area contributed by atoms with E-state index < -0.39 is 18.5 Å². The third-order valence-corrected chi connectivity index (χ3v) is 0.593. The van der Waals surface area contributed by atoms with Crippen molar-refractivity contribution < 1.29 is 51.8 Å². The van der Waals surface area contributed by atoms with Crippen molar-refractivity contribution in [1.82, 2.24) is 0 Å². The summed E-state index contributed by atoms with van der Waals surface area (Å²) in [4.78, 5) is 0. The smallest absolute Gasteiger partial charge is 0.415 e. The van der Waals surface area contributed by atoms with Crippen molar-refractivity contribution in [1.29, 1.82) is 0 Å². The van der Waals surface area contributed by atoms with Gasteiger partial charge in [-0.25, -0.2) is 8.78 Å². The van der Waals surface area contributed by atoms with Crippen LogP contribution in [-0.2, 0) is 21.1 Å². The Morgan fingerprint density at radius 2 is 1.08 bits per heavy atom. The van der Waals surface area contributed by atoms with E-state index in [0.717, 1.165) is 0 Å². The SMILES string of the molecule is F[C-](F)C(F)(F)C(F)(F)F.[CH3-].[Pt+2]. The molecule has 0 fully saturated rings. The molecular weight excluding hydrogens is 376 g/mol. The maximum atomic E-state index is 11.1. The molecule has 0 atom stereocenters. The molecule has 0 nitrogen and oxygen atoms in total. The van der Waals surface area contributed by atoms with Crippen molar-refractivity contribution in [2.45, 2.75) is 12.1 Å². The van der Waals surface area contributed by atoms with Gasteiger partial charge in [-0.15, -0.1) is 0 Å².